The van der Waals surface area contributed by atoms with Crippen molar-refractivity contribution in [2.24, 2.45) is 0 Å². The lowest BCUT2D eigenvalue weighted by molar-refractivity contribution is -0.870. The van der Waals surface area contributed by atoms with Crippen molar-refractivity contribution in [3.05, 3.63) is 48.6 Å². The molecule has 0 aliphatic carbocycles. The number of likely N-dealkylation sites (N-methyl/N-ethyl adjacent to an activating group) is 1. The number of rotatable bonds is 44. The van der Waals surface area contributed by atoms with Crippen molar-refractivity contribution in [2.75, 3.05) is 47.5 Å². The van der Waals surface area contributed by atoms with E-state index in [1.807, 2.05) is 34.1 Å². The molecule has 0 aromatic carbocycles. The molecule has 0 radical (unpaired) electrons. The number of allylic oxidation sites excluding steroid dienone is 8. The second-order valence-corrected chi connectivity index (χ2v) is 19.2. The Balaban J connectivity index is 4.36. The molecule has 0 spiro atoms. The summed E-state index contributed by atoms with van der Waals surface area (Å²) in [6.07, 6.45) is 47.1. The third-order valence-electron chi connectivity index (χ3n) is 10.4. The maximum absolute atomic E-state index is 12.7. The van der Waals surface area contributed by atoms with Gasteiger partial charge in [0, 0.05) is 12.8 Å². The van der Waals surface area contributed by atoms with Crippen LogP contribution in [0.2, 0.25) is 0 Å². The van der Waals surface area contributed by atoms with E-state index >= 15 is 0 Å². The first kappa shape index (κ1) is 58.9. The molecule has 3 atom stereocenters. The van der Waals surface area contributed by atoms with E-state index in [-0.39, 0.29) is 32.2 Å². The minimum Gasteiger partial charge on any atom is -0.756 e. The fourth-order valence-electron chi connectivity index (χ4n) is 6.55. The minimum absolute atomic E-state index is 0.0470. The number of quaternary nitrogens is 1. The van der Waals surface area contributed by atoms with Gasteiger partial charge in [0.25, 0.3) is 7.82 Å². The molecule has 0 fully saturated rings. The Morgan fingerprint density at radius 2 is 1.02 bits per heavy atom. The van der Waals surface area contributed by atoms with Gasteiger partial charge in [-0.15, -0.1) is 0 Å². The van der Waals surface area contributed by atoms with Crippen LogP contribution in [0.3, 0.4) is 0 Å². The number of hydrogen-bond acceptors (Lipinski definition) is 9. The Labute approximate surface area is 374 Å². The van der Waals surface area contributed by atoms with Gasteiger partial charge in [0.05, 0.1) is 33.9 Å². The Morgan fingerprint density at radius 3 is 1.48 bits per heavy atom. The Morgan fingerprint density at radius 1 is 0.590 bits per heavy atom. The van der Waals surface area contributed by atoms with Gasteiger partial charge in [-0.1, -0.05) is 171 Å². The number of hydrogen-bond donors (Lipinski definition) is 1. The summed E-state index contributed by atoms with van der Waals surface area (Å²) in [6.45, 7) is 3.72. The molecule has 0 aliphatic heterocycles. The summed E-state index contributed by atoms with van der Waals surface area (Å²) in [7, 11) is 1.11. The number of phosphoric ester groups is 1. The van der Waals surface area contributed by atoms with Crippen LogP contribution in [0, 0.1) is 0 Å². The highest BCUT2D eigenvalue weighted by Crippen LogP contribution is 2.38. The molecule has 0 heterocycles. The molecule has 1 N–H and O–H groups in total. The molecule has 0 amide bonds. The van der Waals surface area contributed by atoms with Crippen molar-refractivity contribution in [1.29, 1.82) is 0 Å². The van der Waals surface area contributed by atoms with Crippen LogP contribution in [-0.4, -0.2) is 81.2 Å². The highest BCUT2D eigenvalue weighted by atomic mass is 31.2. The summed E-state index contributed by atoms with van der Waals surface area (Å²) in [5.74, 6) is -0.911. The predicted molar refractivity (Wildman–Crippen MR) is 251 cm³/mol. The van der Waals surface area contributed by atoms with E-state index in [0.717, 1.165) is 57.8 Å². The molecular weight excluding hydrogens is 790 g/mol. The smallest absolute Gasteiger partial charge is 0.306 e. The number of phosphoric acid groups is 1. The van der Waals surface area contributed by atoms with Crippen LogP contribution in [0.25, 0.3) is 0 Å². The molecule has 0 saturated heterocycles. The van der Waals surface area contributed by atoms with Gasteiger partial charge in [-0.3, -0.25) is 14.2 Å². The highest BCUT2D eigenvalue weighted by molar-refractivity contribution is 7.45. The van der Waals surface area contributed by atoms with Gasteiger partial charge in [0.1, 0.15) is 19.8 Å². The van der Waals surface area contributed by atoms with E-state index in [4.69, 9.17) is 18.5 Å². The normalized spacial score (nSPS) is 14.4. The van der Waals surface area contributed by atoms with Crippen molar-refractivity contribution < 1.29 is 47.2 Å². The Hall–Kier alpha value is -2.07. The highest BCUT2D eigenvalue weighted by Gasteiger charge is 2.21. The van der Waals surface area contributed by atoms with E-state index in [9.17, 15) is 24.2 Å². The average molecular weight is 882 g/mol. The van der Waals surface area contributed by atoms with Crippen LogP contribution in [0.1, 0.15) is 200 Å². The van der Waals surface area contributed by atoms with Crippen molar-refractivity contribution in [1.82, 2.24) is 0 Å². The second kappa shape index (κ2) is 41.9. The van der Waals surface area contributed by atoms with Crippen molar-refractivity contribution in [3.8, 4) is 0 Å². The van der Waals surface area contributed by atoms with Crippen LogP contribution in [-0.2, 0) is 32.7 Å². The number of unbranched alkanes of at least 4 members (excludes halogenated alkanes) is 20. The van der Waals surface area contributed by atoms with Crippen molar-refractivity contribution >= 4 is 19.8 Å². The van der Waals surface area contributed by atoms with Crippen LogP contribution < -0.4 is 4.89 Å². The fraction of sp³-hybridized carbons (Fsp3) is 0.800. The number of aliphatic hydroxyl groups excluding tert-OH is 1. The van der Waals surface area contributed by atoms with Gasteiger partial charge >= 0.3 is 11.9 Å². The molecule has 1 unspecified atom stereocenters. The summed E-state index contributed by atoms with van der Waals surface area (Å²) >= 11 is 0. The van der Waals surface area contributed by atoms with Gasteiger partial charge in [-0.2, -0.15) is 0 Å². The summed E-state index contributed by atoms with van der Waals surface area (Å²) < 4.78 is 33.9. The summed E-state index contributed by atoms with van der Waals surface area (Å²) in [4.78, 5) is 37.6. The van der Waals surface area contributed by atoms with E-state index in [2.05, 4.69) is 49.5 Å². The van der Waals surface area contributed by atoms with Gasteiger partial charge in [-0.05, 0) is 64.7 Å². The third kappa shape index (κ3) is 47.2. The predicted octanol–water partition coefficient (Wildman–Crippen LogP) is 12.6. The number of carbonyl (C=O) groups is 2. The molecule has 0 aliphatic rings. The van der Waals surface area contributed by atoms with Gasteiger partial charge < -0.3 is 33.0 Å². The number of nitrogens with zero attached hydrogens (tertiary/aromatic N) is 1. The van der Waals surface area contributed by atoms with E-state index < -0.39 is 32.5 Å². The Bertz CT molecular complexity index is 1190. The van der Waals surface area contributed by atoms with Crippen LogP contribution in [0.4, 0.5) is 0 Å². The first-order valence-corrected chi connectivity index (χ1v) is 25.8. The molecule has 356 valence electrons. The monoisotopic (exact) mass is 882 g/mol. The third-order valence-corrected chi connectivity index (χ3v) is 11.3. The van der Waals surface area contributed by atoms with Crippen molar-refractivity contribution in [3.63, 3.8) is 0 Å². The van der Waals surface area contributed by atoms with Gasteiger partial charge in [0.15, 0.2) is 6.10 Å². The summed E-state index contributed by atoms with van der Waals surface area (Å²) in [5.41, 5.74) is 0. The SMILES string of the molecule is CCCCCCCCCCCCCCCCCCCCCC(=O)OC[C@H](COP(=O)([O-])OCC[N+](C)(C)C)OC(=O)CCC/C=C\C/C=C\C/C=C\C/C=C\CCC[C@H](C)O. The van der Waals surface area contributed by atoms with Gasteiger partial charge in [0.2, 0.25) is 0 Å². The fourth-order valence-corrected chi connectivity index (χ4v) is 7.28. The second-order valence-electron chi connectivity index (χ2n) is 17.8. The van der Waals surface area contributed by atoms with Crippen LogP contribution >= 0.6 is 7.82 Å². The van der Waals surface area contributed by atoms with E-state index in [1.165, 1.54) is 103 Å². The first-order chi connectivity index (χ1) is 29.3. The molecule has 0 rings (SSSR count). The lowest BCUT2D eigenvalue weighted by Gasteiger charge is -2.28. The average Bonchev–Trinajstić information content (AvgIpc) is 3.20. The maximum atomic E-state index is 12.7. The summed E-state index contributed by atoms with van der Waals surface area (Å²) in [6, 6.07) is 0. The molecule has 11 heteroatoms. The summed E-state index contributed by atoms with van der Waals surface area (Å²) in [5, 5.41) is 9.29. The molecule has 0 aromatic rings. The van der Waals surface area contributed by atoms with Crippen LogP contribution in [0.15, 0.2) is 48.6 Å². The number of esters is 2. The number of carbonyl (C=O) groups excluding carboxylic acids is 2. The molecule has 0 aromatic heterocycles. The molecule has 10 nitrogen and oxygen atoms in total. The van der Waals surface area contributed by atoms with E-state index in [1.54, 1.807) is 0 Å². The zero-order chi connectivity index (χ0) is 45.1. The van der Waals surface area contributed by atoms with Crippen LogP contribution in [0.5, 0.6) is 0 Å². The van der Waals surface area contributed by atoms with Crippen molar-refractivity contribution in [2.45, 2.75) is 212 Å². The van der Waals surface area contributed by atoms with E-state index in [0.29, 0.717) is 23.9 Å². The zero-order valence-corrected chi connectivity index (χ0v) is 40.6. The first-order valence-electron chi connectivity index (χ1n) is 24.4. The quantitative estimate of drug-likeness (QED) is 0.0209. The molecular formula is C50H92NO9P. The topological polar surface area (TPSA) is 131 Å². The Kier molecular flexibility index (Phi) is 40.5. The lowest BCUT2D eigenvalue weighted by atomic mass is 10.0. The molecule has 0 bridgehead atoms. The zero-order valence-electron chi connectivity index (χ0n) is 39.7. The standard InChI is InChI=1S/C50H92NO9P/c1-6-7-8-9-10-11-12-13-14-15-16-17-20-23-26-29-32-35-38-41-49(53)57-45-48(46-59-61(55,56)58-44-43-51(3,4)5)60-50(54)42-39-36-33-30-27-24-21-18-19-22-25-28-31-34-37-40-47(2)52/h19,21-22,24,28,30-31,33,47-48,52H,6-18,20,23,25-27,29,32,34-46H2,1-5H3/b22-19-,24-21-,31-28-,33-30-/t47-,48+/m0/s1. The number of ether oxygens (including phenoxy) is 2. The molecule has 0 saturated carbocycles. The largest absolute Gasteiger partial charge is 0.756 e. The molecule has 61 heavy (non-hydrogen) atoms. The maximum Gasteiger partial charge on any atom is 0.306 e. The lowest BCUT2D eigenvalue weighted by Crippen LogP contribution is -2.37. The van der Waals surface area contributed by atoms with Gasteiger partial charge in [-0.25, -0.2) is 0 Å². The number of aliphatic hydroxyl groups is 1. The minimum atomic E-state index is -4.65.